The van der Waals surface area contributed by atoms with E-state index in [0.29, 0.717) is 16.9 Å². The highest BCUT2D eigenvalue weighted by Gasteiger charge is 2.48. The summed E-state index contributed by atoms with van der Waals surface area (Å²) < 4.78 is 31.2. The van der Waals surface area contributed by atoms with E-state index in [-0.39, 0.29) is 4.90 Å². The van der Waals surface area contributed by atoms with Crippen LogP contribution in [0, 0.1) is 23.7 Å². The predicted molar refractivity (Wildman–Crippen MR) is 123 cm³/mol. The smallest absolute Gasteiger partial charge is 0.340 e. The molecule has 1 unspecified atom stereocenters. The second-order valence-electron chi connectivity index (χ2n) is 6.92. The van der Waals surface area contributed by atoms with Crippen LogP contribution in [0.4, 0.5) is 0 Å². The van der Waals surface area contributed by atoms with Crippen LogP contribution in [-0.4, -0.2) is 36.5 Å². The van der Waals surface area contributed by atoms with Crippen molar-refractivity contribution in [2.24, 2.45) is 5.73 Å². The van der Waals surface area contributed by atoms with E-state index in [4.69, 9.17) is 10.5 Å². The molecular formula is C25H20N2O5S. The van der Waals surface area contributed by atoms with Crippen molar-refractivity contribution in [3.05, 3.63) is 89.7 Å². The molecular weight excluding hydrogens is 440 g/mol. The van der Waals surface area contributed by atoms with Crippen molar-refractivity contribution in [3.8, 4) is 29.4 Å². The minimum absolute atomic E-state index is 0.231. The molecule has 0 spiro atoms. The number of aromatic nitrogens is 1. The number of sulfone groups is 1. The van der Waals surface area contributed by atoms with Gasteiger partial charge in [0.05, 0.1) is 18.4 Å². The summed E-state index contributed by atoms with van der Waals surface area (Å²) in [6.45, 7) is 0. The summed E-state index contributed by atoms with van der Waals surface area (Å²) in [5.74, 6) is 10.2. The number of rotatable bonds is 5. The first-order valence-electron chi connectivity index (χ1n) is 9.68. The van der Waals surface area contributed by atoms with E-state index in [0.717, 1.165) is 5.56 Å². The first kappa shape index (κ1) is 23.6. The van der Waals surface area contributed by atoms with E-state index >= 15 is 0 Å². The van der Waals surface area contributed by atoms with Crippen LogP contribution < -0.4 is 10.5 Å². The van der Waals surface area contributed by atoms with Gasteiger partial charge in [0.25, 0.3) is 0 Å². The van der Waals surface area contributed by atoms with E-state index in [2.05, 4.69) is 28.7 Å². The molecule has 8 heteroatoms. The number of pyridine rings is 1. The third-order valence-corrected chi connectivity index (χ3v) is 6.86. The minimum Gasteiger partial charge on any atom is -0.497 e. The Balaban J connectivity index is 1.83. The van der Waals surface area contributed by atoms with E-state index < -0.39 is 27.1 Å². The number of carboxylic acid groups (broad SMARTS) is 1. The van der Waals surface area contributed by atoms with Gasteiger partial charge < -0.3 is 15.6 Å². The summed E-state index contributed by atoms with van der Waals surface area (Å²) in [6, 6.07) is 16.0. The number of nitrogens with two attached hydrogens (primary N) is 1. The van der Waals surface area contributed by atoms with Gasteiger partial charge in [-0.1, -0.05) is 23.7 Å². The average Bonchev–Trinajstić information content (AvgIpc) is 2.83. The lowest BCUT2D eigenvalue weighted by Gasteiger charge is -2.22. The van der Waals surface area contributed by atoms with Crippen molar-refractivity contribution in [2.45, 2.75) is 16.2 Å². The van der Waals surface area contributed by atoms with E-state index in [1.165, 1.54) is 30.5 Å². The molecule has 0 radical (unpaired) electrons. The maximum atomic E-state index is 13.1. The molecule has 3 rings (SSSR count). The Morgan fingerprint density at radius 1 is 1.00 bits per heavy atom. The lowest BCUT2D eigenvalue weighted by molar-refractivity contribution is -0.139. The van der Waals surface area contributed by atoms with Gasteiger partial charge in [-0.05, 0) is 60.7 Å². The molecule has 1 aromatic heterocycles. The fourth-order valence-corrected chi connectivity index (χ4v) is 4.15. The Bertz CT molecular complexity index is 1360. The van der Waals surface area contributed by atoms with Gasteiger partial charge in [-0.15, -0.1) is 0 Å². The number of hydrogen-bond donors (Lipinski definition) is 2. The summed E-state index contributed by atoms with van der Waals surface area (Å²) >= 11 is 0. The van der Waals surface area contributed by atoms with Crippen LogP contribution in [-0.2, 0) is 14.6 Å². The number of aliphatic carboxylic acids is 1. The second kappa shape index (κ2) is 10.0. The highest BCUT2D eigenvalue weighted by atomic mass is 32.2. The maximum Gasteiger partial charge on any atom is 0.340 e. The van der Waals surface area contributed by atoms with Gasteiger partial charge in [-0.3, -0.25) is 4.98 Å². The minimum atomic E-state index is -4.45. The Kier molecular flexibility index (Phi) is 7.14. The molecule has 3 aromatic rings. The van der Waals surface area contributed by atoms with Crippen LogP contribution in [0.3, 0.4) is 0 Å². The molecule has 3 N–H and O–H groups in total. The molecule has 0 bridgehead atoms. The van der Waals surface area contributed by atoms with E-state index in [1.54, 1.807) is 49.7 Å². The number of carbonyl (C=O) groups is 1. The summed E-state index contributed by atoms with van der Waals surface area (Å²) in [7, 11) is -2.87. The van der Waals surface area contributed by atoms with Gasteiger partial charge in [-0.2, -0.15) is 0 Å². The first-order valence-corrected chi connectivity index (χ1v) is 11.2. The Hall–Kier alpha value is -4.11. The SMILES string of the molecule is COc1ccc(C#Cc2ccc(S(=O)(=O)C(N)(CC#Cc3cccnc3)C(=O)O)cc2)cc1. The molecule has 1 atom stereocenters. The molecule has 0 aliphatic heterocycles. The normalized spacial score (nSPS) is 12.3. The highest BCUT2D eigenvalue weighted by Crippen LogP contribution is 2.25. The molecule has 33 heavy (non-hydrogen) atoms. The van der Waals surface area contributed by atoms with Crippen LogP contribution in [0.1, 0.15) is 23.1 Å². The number of nitrogens with zero attached hydrogens (tertiary/aromatic N) is 1. The standard InChI is InChI=1S/C25H20N2O5S/c1-32-22-12-8-19(9-13-22)6-7-20-10-14-23(15-11-20)33(30,31)25(26,24(28)29)16-2-4-21-5-3-17-27-18-21/h3,5,8-15,17-18H,16,26H2,1H3,(H,28,29). The third kappa shape index (κ3) is 5.39. The Morgan fingerprint density at radius 2 is 1.61 bits per heavy atom. The van der Waals surface area contributed by atoms with E-state index in [1.807, 2.05) is 0 Å². The molecule has 0 aliphatic carbocycles. The van der Waals surface area contributed by atoms with Gasteiger partial charge in [0.2, 0.25) is 14.7 Å². The molecule has 166 valence electrons. The lowest BCUT2D eigenvalue weighted by atomic mass is 10.2. The monoisotopic (exact) mass is 460 g/mol. The molecule has 7 nitrogen and oxygen atoms in total. The molecule has 2 aromatic carbocycles. The van der Waals surface area contributed by atoms with Crippen molar-refractivity contribution < 1.29 is 23.1 Å². The third-order valence-electron chi connectivity index (χ3n) is 4.69. The van der Waals surface area contributed by atoms with Gasteiger partial charge in [-0.25, -0.2) is 13.2 Å². The van der Waals surface area contributed by atoms with Crippen LogP contribution in [0.15, 0.2) is 78.0 Å². The molecule has 0 fully saturated rings. The zero-order chi connectivity index (χ0) is 23.9. The first-order chi connectivity index (χ1) is 15.8. The van der Waals surface area contributed by atoms with Crippen molar-refractivity contribution in [1.82, 2.24) is 4.98 Å². The number of hydrogen-bond acceptors (Lipinski definition) is 6. The largest absolute Gasteiger partial charge is 0.497 e. The fraction of sp³-hybridized carbons (Fsp3) is 0.120. The molecule has 0 saturated carbocycles. The Labute approximate surface area is 192 Å². The van der Waals surface area contributed by atoms with E-state index in [9.17, 15) is 18.3 Å². The van der Waals surface area contributed by atoms with Crippen LogP contribution >= 0.6 is 0 Å². The van der Waals surface area contributed by atoms with Crippen LogP contribution in [0.2, 0.25) is 0 Å². The van der Waals surface area contributed by atoms with Crippen molar-refractivity contribution >= 4 is 15.8 Å². The van der Waals surface area contributed by atoms with Gasteiger partial charge in [0.15, 0.2) is 0 Å². The molecule has 0 aliphatic rings. The van der Waals surface area contributed by atoms with Crippen LogP contribution in [0.5, 0.6) is 5.75 Å². The number of carboxylic acids is 1. The summed E-state index contributed by atoms with van der Waals surface area (Å²) in [5, 5.41) is 9.61. The molecule has 1 heterocycles. The zero-order valence-corrected chi connectivity index (χ0v) is 18.5. The van der Waals surface area contributed by atoms with Gasteiger partial charge >= 0.3 is 5.97 Å². The quantitative estimate of drug-likeness (QED) is 0.561. The maximum absolute atomic E-state index is 13.1. The summed E-state index contributed by atoms with van der Waals surface area (Å²) in [6.07, 6.45) is 2.44. The molecule has 0 saturated heterocycles. The van der Waals surface area contributed by atoms with Crippen molar-refractivity contribution in [2.75, 3.05) is 7.11 Å². The average molecular weight is 461 g/mol. The number of ether oxygens (including phenoxy) is 1. The number of methoxy groups -OCH3 is 1. The highest BCUT2D eigenvalue weighted by molar-refractivity contribution is 7.93. The second-order valence-corrected chi connectivity index (χ2v) is 9.13. The summed E-state index contributed by atoms with van der Waals surface area (Å²) in [4.78, 5) is 12.9. The zero-order valence-electron chi connectivity index (χ0n) is 17.6. The topological polar surface area (TPSA) is 120 Å². The molecule has 0 amide bonds. The van der Waals surface area contributed by atoms with Crippen LogP contribution in [0.25, 0.3) is 0 Å². The number of benzene rings is 2. The lowest BCUT2D eigenvalue weighted by Crippen LogP contribution is -2.54. The fourth-order valence-electron chi connectivity index (χ4n) is 2.75. The van der Waals surface area contributed by atoms with Gasteiger partial charge in [0, 0.05) is 29.1 Å². The van der Waals surface area contributed by atoms with Crippen molar-refractivity contribution in [3.63, 3.8) is 0 Å². The van der Waals surface area contributed by atoms with Gasteiger partial charge in [0.1, 0.15) is 5.75 Å². The summed E-state index contributed by atoms with van der Waals surface area (Å²) in [5.41, 5.74) is 7.69. The van der Waals surface area contributed by atoms with Crippen molar-refractivity contribution in [1.29, 1.82) is 0 Å². The predicted octanol–water partition coefficient (Wildman–Crippen LogP) is 2.45. The Morgan fingerprint density at radius 3 is 2.12 bits per heavy atom.